The van der Waals surface area contributed by atoms with E-state index in [-0.39, 0.29) is 36.0 Å². The van der Waals surface area contributed by atoms with Crippen molar-refractivity contribution in [1.82, 2.24) is 49.8 Å². The molecule has 0 fully saturated rings. The van der Waals surface area contributed by atoms with E-state index in [1.165, 1.54) is 24.3 Å². The van der Waals surface area contributed by atoms with Crippen molar-refractivity contribution >= 4 is 77.3 Å². The predicted molar refractivity (Wildman–Crippen MR) is 266 cm³/mol. The highest BCUT2D eigenvalue weighted by molar-refractivity contribution is 5.83. The Morgan fingerprint density at radius 2 is 0.583 bits per heavy atom. The van der Waals surface area contributed by atoms with Gasteiger partial charge < -0.3 is 44.7 Å². The van der Waals surface area contributed by atoms with E-state index in [1.54, 1.807) is 24.3 Å². The summed E-state index contributed by atoms with van der Waals surface area (Å²) in [7, 11) is 0. The van der Waals surface area contributed by atoms with Crippen molar-refractivity contribution in [2.75, 3.05) is 0 Å². The van der Waals surface area contributed by atoms with Crippen molar-refractivity contribution in [3.8, 4) is 59.2 Å². The van der Waals surface area contributed by atoms with Crippen LogP contribution in [0, 0.1) is 45.3 Å². The van der Waals surface area contributed by atoms with Crippen molar-refractivity contribution in [3.63, 3.8) is 0 Å². The van der Waals surface area contributed by atoms with Crippen LogP contribution in [0.3, 0.4) is 0 Å². The fourth-order valence-corrected chi connectivity index (χ4v) is 7.62. The third-order valence-electron chi connectivity index (χ3n) is 11.1. The van der Waals surface area contributed by atoms with Crippen molar-refractivity contribution in [1.29, 1.82) is 21.0 Å². The highest BCUT2D eigenvalue weighted by Crippen LogP contribution is 2.22. The van der Waals surface area contributed by atoms with Gasteiger partial charge >= 0.3 is 11.6 Å². The number of hydrogen-bond acceptors (Lipinski definition) is 8. The van der Waals surface area contributed by atoms with E-state index in [4.69, 9.17) is 21.0 Å². The number of para-hydroxylation sites is 12. The number of H-pyrrole nitrogens is 8. The molecule has 0 atom stereocenters. The zero-order chi connectivity index (χ0) is 47.8. The Morgan fingerprint density at radius 1 is 0.319 bits per heavy atom. The second-order valence-electron chi connectivity index (χ2n) is 15.5. The third kappa shape index (κ3) is 10.2. The number of imidazole rings is 6. The Kier molecular flexibility index (Phi) is 14.5. The molecule has 8 N–H and O–H groups in total. The van der Waals surface area contributed by atoms with E-state index in [0.717, 1.165) is 101 Å². The molecule has 6 aromatic heterocycles. The monoisotopic (exact) mass is 978 g/mol. The Morgan fingerprint density at radius 3 is 0.875 bits per heavy atom. The number of aromatic amines is 8. The van der Waals surface area contributed by atoms with Crippen LogP contribution in [-0.2, 0) is 0 Å². The van der Waals surface area contributed by atoms with Crippen LogP contribution in [0.5, 0.6) is 0 Å². The number of fused-ring (bicyclic) bond motifs is 6. The summed E-state index contributed by atoms with van der Waals surface area (Å²) in [4.78, 5) is 44.6. The van der Waals surface area contributed by atoms with Gasteiger partial charge in [0.15, 0.2) is 33.7 Å². The van der Waals surface area contributed by atoms with Crippen LogP contribution in [0.1, 0.15) is 0 Å². The van der Waals surface area contributed by atoms with E-state index < -0.39 is 0 Å². The number of nitrogens with zero attached hydrogens (tertiary/aromatic N) is 8. The van der Waals surface area contributed by atoms with Gasteiger partial charge in [0.2, 0.25) is 11.6 Å². The fraction of sp³-hybridized carbons (Fsp3) is 0. The largest absolute Gasteiger partial charge is 1.00 e. The van der Waals surface area contributed by atoms with Crippen LogP contribution in [0.2, 0.25) is 0 Å². The number of aromatic nitrogens is 12. The first kappa shape index (κ1) is 48.1. The minimum absolute atomic E-state index is 0. The van der Waals surface area contributed by atoms with Gasteiger partial charge in [-0.2, -0.15) is 21.0 Å². The molecule has 346 valence electrons. The van der Waals surface area contributed by atoms with Crippen molar-refractivity contribution in [2.24, 2.45) is 0 Å². The highest BCUT2D eigenvalue weighted by atomic mass is 35.5. The average molecular weight is 980 g/mol. The molecule has 13 rings (SSSR count). The molecular weight excluding hydrogens is 944 g/mol. The average Bonchev–Trinajstić information content (AvgIpc) is 4.28. The summed E-state index contributed by atoms with van der Waals surface area (Å²) in [6.07, 6.45) is 0. The molecule has 0 amide bonds. The minimum atomic E-state index is 0. The molecule has 0 bridgehead atoms. The summed E-state index contributed by atoms with van der Waals surface area (Å²) < 4.78 is 0. The Bertz CT molecular complexity index is 3480. The number of benzene rings is 7. The number of nitriles is 4. The summed E-state index contributed by atoms with van der Waals surface area (Å²) in [6, 6.07) is 61.3. The molecule has 0 aliphatic carbocycles. The van der Waals surface area contributed by atoms with E-state index in [2.05, 4.69) is 59.8 Å². The van der Waals surface area contributed by atoms with Crippen molar-refractivity contribution in [2.45, 2.75) is 0 Å². The standard InChI is InChI=1S/3C14H10N4.C12H4N4.2ClH/c3*1-2-6-10-9(5-1)15-13(16-10)14-17-11-7-3-4-8-12(11)18-14;13-5-11(6-14)9-1-2-10(4-3-9)12(7-15)8-16;;/h3*1-8H,(H,15,16)(H,17,18);1-4H;2*1H. The fourth-order valence-electron chi connectivity index (χ4n) is 7.62. The van der Waals surface area contributed by atoms with Gasteiger partial charge in [-0.15, -0.1) is 0 Å². The van der Waals surface area contributed by atoms with E-state index in [1.807, 2.05) is 146 Å². The first-order valence-corrected chi connectivity index (χ1v) is 21.7. The van der Waals surface area contributed by atoms with E-state index in [0.29, 0.717) is 10.4 Å². The molecule has 0 aliphatic rings. The number of rotatable bonds is 3. The number of hydrogen-bond donors (Lipinski definition) is 6. The number of nitrogens with one attached hydrogen (secondary N) is 8. The summed E-state index contributed by atoms with van der Waals surface area (Å²) in [5.74, 6) is 4.99. The lowest BCUT2D eigenvalue weighted by atomic mass is 10.1. The van der Waals surface area contributed by atoms with Gasteiger partial charge in [-0.3, -0.25) is 0 Å². The normalized spacial score (nSPS) is 10.2. The lowest BCUT2D eigenvalue weighted by Gasteiger charge is -1.88. The Labute approximate surface area is 420 Å². The second kappa shape index (κ2) is 21.7. The van der Waals surface area contributed by atoms with Crippen molar-refractivity contribution < 1.29 is 34.8 Å². The molecule has 0 aliphatic heterocycles. The van der Waals surface area contributed by atoms with Gasteiger partial charge in [0.05, 0.1) is 44.1 Å². The summed E-state index contributed by atoms with van der Waals surface area (Å²) in [6.45, 7) is 0. The van der Waals surface area contributed by atoms with Gasteiger partial charge in [-0.1, -0.05) is 97.1 Å². The third-order valence-corrected chi connectivity index (χ3v) is 11.1. The molecule has 72 heavy (non-hydrogen) atoms. The molecule has 16 nitrogen and oxygen atoms in total. The summed E-state index contributed by atoms with van der Waals surface area (Å²) in [5.41, 5.74) is 12.3. The molecule has 0 saturated carbocycles. The molecule has 0 radical (unpaired) electrons. The maximum absolute atomic E-state index is 8.63. The highest BCUT2D eigenvalue weighted by Gasteiger charge is 2.17. The van der Waals surface area contributed by atoms with Crippen LogP contribution in [0.4, 0.5) is 0 Å². The Hall–Kier alpha value is -10.4. The van der Waals surface area contributed by atoms with Crippen molar-refractivity contribution in [3.05, 3.63) is 180 Å². The molecule has 7 aromatic carbocycles. The second-order valence-corrected chi connectivity index (χ2v) is 15.5. The first-order chi connectivity index (χ1) is 34.5. The van der Waals surface area contributed by atoms with E-state index >= 15 is 0 Å². The maximum atomic E-state index is 8.63. The van der Waals surface area contributed by atoms with Gasteiger partial charge in [0.25, 0.3) is 0 Å². The molecule has 13 aromatic rings. The van der Waals surface area contributed by atoms with Gasteiger partial charge in [0.1, 0.15) is 35.4 Å². The maximum Gasteiger partial charge on any atom is 0.321 e. The molecular formula is C54H36Cl2N16. The minimum Gasteiger partial charge on any atom is -1.00 e. The predicted octanol–water partition coefficient (Wildman–Crippen LogP) is 2.25. The molecule has 6 heterocycles. The van der Waals surface area contributed by atoms with Gasteiger partial charge in [-0.05, 0) is 72.8 Å². The van der Waals surface area contributed by atoms with Gasteiger partial charge in [0, 0.05) is 10.4 Å². The molecule has 0 unspecified atom stereocenters. The van der Waals surface area contributed by atoms with E-state index in [9.17, 15) is 0 Å². The Balaban J connectivity index is 0.000000127. The summed E-state index contributed by atoms with van der Waals surface area (Å²) in [5, 5.41) is 35.5. The quantitative estimate of drug-likeness (QED) is 0.153. The zero-order valence-corrected chi connectivity index (χ0v) is 39.0. The lowest BCUT2D eigenvalue weighted by Crippen LogP contribution is -3.00. The SMILES string of the molecule is N#CC(C#N)=c1ccc(=C(C#N)C#N)cc1.[Cl-].[Cl-].c1ccc2[nH]c(-c3[nH]c4ccccc4[nH+]3)nc2c1.c1ccc2[nH]c(-c3[nH]c4ccccc4[nH+]3)nc2c1.c1ccc2[nH]c(-c3nc4ccccc4[nH]3)nc2c1. The van der Waals surface area contributed by atoms with Crippen LogP contribution < -0.4 is 45.2 Å². The lowest BCUT2D eigenvalue weighted by molar-refractivity contribution is -0.331. The molecule has 0 saturated heterocycles. The van der Waals surface area contributed by atoms with Gasteiger partial charge in [-0.25, -0.2) is 39.9 Å². The molecule has 0 spiro atoms. The van der Waals surface area contributed by atoms with Crippen LogP contribution in [0.25, 0.3) is 112 Å². The first-order valence-electron chi connectivity index (χ1n) is 21.7. The summed E-state index contributed by atoms with van der Waals surface area (Å²) >= 11 is 0. The smallest absolute Gasteiger partial charge is 0.321 e. The molecule has 18 heteroatoms. The topological polar surface area (TPSA) is 270 Å². The van der Waals surface area contributed by atoms with Crippen LogP contribution in [0.15, 0.2) is 170 Å². The van der Waals surface area contributed by atoms with Crippen LogP contribution in [-0.4, -0.2) is 49.8 Å². The van der Waals surface area contributed by atoms with Crippen LogP contribution >= 0.6 is 0 Å². The zero-order valence-electron chi connectivity index (χ0n) is 37.5. The number of halogens is 2.